The van der Waals surface area contributed by atoms with E-state index in [1.165, 1.54) is 12.8 Å². The Morgan fingerprint density at radius 2 is 2.18 bits per heavy atom. The lowest BCUT2D eigenvalue weighted by Crippen LogP contribution is -2.07. The normalized spacial score (nSPS) is 12.5. The highest BCUT2D eigenvalue weighted by Gasteiger charge is 2.03. The zero-order valence-electron chi connectivity index (χ0n) is 7.34. The second kappa shape index (κ2) is 6.17. The molecule has 0 radical (unpaired) electrons. The van der Waals surface area contributed by atoms with Gasteiger partial charge in [0.1, 0.15) is 0 Å². The second-order valence-corrected chi connectivity index (χ2v) is 2.79. The molecule has 0 amide bonds. The summed E-state index contributed by atoms with van der Waals surface area (Å²) in [7, 11) is 0. The Bertz CT molecular complexity index is 127. The highest BCUT2D eigenvalue weighted by molar-refractivity contribution is 5.15. The van der Waals surface area contributed by atoms with Crippen LogP contribution in [0.4, 0.5) is 0 Å². The van der Waals surface area contributed by atoms with Crippen LogP contribution >= 0.6 is 0 Å². The molecule has 11 heavy (non-hydrogen) atoms. The van der Waals surface area contributed by atoms with Gasteiger partial charge >= 0.3 is 0 Å². The van der Waals surface area contributed by atoms with E-state index in [1.54, 1.807) is 6.08 Å². The van der Waals surface area contributed by atoms with Gasteiger partial charge in [-0.05, 0) is 12.0 Å². The summed E-state index contributed by atoms with van der Waals surface area (Å²) < 4.78 is 0. The average molecular weight is 154 g/mol. The first kappa shape index (κ1) is 10.4. The lowest BCUT2D eigenvalue weighted by molar-refractivity contribution is 0.200. The predicted octanol–water partition coefficient (Wildman–Crippen LogP) is 2.67. The molecule has 0 aliphatic rings. The zero-order valence-corrected chi connectivity index (χ0v) is 7.34. The van der Waals surface area contributed by atoms with E-state index >= 15 is 0 Å². The third kappa shape index (κ3) is 4.79. The van der Waals surface area contributed by atoms with Gasteiger partial charge in [-0.3, -0.25) is 0 Å². The van der Waals surface area contributed by atoms with E-state index in [9.17, 15) is 5.11 Å². The third-order valence-corrected chi connectivity index (χ3v) is 1.77. The predicted molar refractivity (Wildman–Crippen MR) is 49.5 cm³/mol. The second-order valence-electron chi connectivity index (χ2n) is 2.79. The topological polar surface area (TPSA) is 20.2 Å². The van der Waals surface area contributed by atoms with Gasteiger partial charge < -0.3 is 5.11 Å². The van der Waals surface area contributed by atoms with Gasteiger partial charge in [0.15, 0.2) is 0 Å². The van der Waals surface area contributed by atoms with E-state index in [1.807, 2.05) is 0 Å². The molecule has 0 aromatic heterocycles. The molecule has 1 unspecified atom stereocenters. The van der Waals surface area contributed by atoms with Crippen LogP contribution in [0.25, 0.3) is 0 Å². The maximum absolute atomic E-state index is 9.37. The van der Waals surface area contributed by atoms with Gasteiger partial charge in [-0.2, -0.15) is 0 Å². The number of hydrogen-bond acceptors (Lipinski definition) is 1. The van der Waals surface area contributed by atoms with Crippen LogP contribution < -0.4 is 0 Å². The molecule has 0 heterocycles. The highest BCUT2D eigenvalue weighted by Crippen LogP contribution is 2.09. The Labute approximate surface area is 69.4 Å². The Morgan fingerprint density at radius 1 is 1.55 bits per heavy atom. The van der Waals surface area contributed by atoms with Crippen molar-refractivity contribution in [3.8, 4) is 0 Å². The van der Waals surface area contributed by atoms with Gasteiger partial charge in [0.05, 0.1) is 6.10 Å². The SMILES string of the molecule is C=CC(=C)C(O)CCCCC. The van der Waals surface area contributed by atoms with Crippen LogP contribution in [0.3, 0.4) is 0 Å². The maximum atomic E-state index is 9.37. The summed E-state index contributed by atoms with van der Waals surface area (Å²) in [4.78, 5) is 0. The lowest BCUT2D eigenvalue weighted by Gasteiger charge is -2.08. The van der Waals surface area contributed by atoms with E-state index in [0.717, 1.165) is 18.4 Å². The molecule has 0 bridgehead atoms. The molecule has 1 atom stereocenters. The first-order valence-corrected chi connectivity index (χ1v) is 4.21. The summed E-state index contributed by atoms with van der Waals surface area (Å²) in [5.41, 5.74) is 0.737. The van der Waals surface area contributed by atoms with Gasteiger partial charge in [-0.15, -0.1) is 0 Å². The van der Waals surface area contributed by atoms with Gasteiger partial charge in [0, 0.05) is 0 Å². The average Bonchev–Trinajstić information content (AvgIpc) is 2.03. The molecule has 0 fully saturated rings. The molecule has 1 N–H and O–H groups in total. The van der Waals surface area contributed by atoms with Gasteiger partial charge in [0.25, 0.3) is 0 Å². The maximum Gasteiger partial charge on any atom is 0.0784 e. The Balaban J connectivity index is 3.43. The van der Waals surface area contributed by atoms with Gasteiger partial charge in [-0.1, -0.05) is 45.4 Å². The summed E-state index contributed by atoms with van der Waals surface area (Å²) in [5, 5.41) is 9.37. The molecule has 0 aliphatic heterocycles. The number of aliphatic hydroxyl groups excluding tert-OH is 1. The fourth-order valence-corrected chi connectivity index (χ4v) is 0.909. The van der Waals surface area contributed by atoms with E-state index in [0.29, 0.717) is 0 Å². The Hall–Kier alpha value is -0.560. The van der Waals surface area contributed by atoms with Crippen LogP contribution in [0, 0.1) is 0 Å². The Kier molecular flexibility index (Phi) is 5.86. The van der Waals surface area contributed by atoms with Crippen LogP contribution in [0.5, 0.6) is 0 Å². The van der Waals surface area contributed by atoms with E-state index in [4.69, 9.17) is 0 Å². The van der Waals surface area contributed by atoms with Crippen LogP contribution in [0.15, 0.2) is 24.8 Å². The van der Waals surface area contributed by atoms with E-state index < -0.39 is 0 Å². The summed E-state index contributed by atoms with van der Waals surface area (Å²) >= 11 is 0. The van der Waals surface area contributed by atoms with E-state index in [2.05, 4.69) is 20.1 Å². The minimum Gasteiger partial charge on any atom is -0.388 e. The summed E-state index contributed by atoms with van der Waals surface area (Å²) in [5.74, 6) is 0. The molecular formula is C10H18O. The van der Waals surface area contributed by atoms with Gasteiger partial charge in [-0.25, -0.2) is 0 Å². The number of aliphatic hydroxyl groups is 1. The van der Waals surface area contributed by atoms with Crippen LogP contribution in [-0.4, -0.2) is 11.2 Å². The molecule has 0 rings (SSSR count). The van der Waals surface area contributed by atoms with Crippen LogP contribution in [0.1, 0.15) is 32.6 Å². The molecule has 0 saturated carbocycles. The van der Waals surface area contributed by atoms with Crippen molar-refractivity contribution >= 4 is 0 Å². The molecule has 1 heteroatoms. The quantitative estimate of drug-likeness (QED) is 0.460. The van der Waals surface area contributed by atoms with Crippen molar-refractivity contribution in [3.05, 3.63) is 24.8 Å². The van der Waals surface area contributed by atoms with Crippen molar-refractivity contribution in [2.75, 3.05) is 0 Å². The first-order valence-electron chi connectivity index (χ1n) is 4.21. The fraction of sp³-hybridized carbons (Fsp3) is 0.600. The minimum absolute atomic E-state index is 0.376. The monoisotopic (exact) mass is 154 g/mol. The van der Waals surface area contributed by atoms with Crippen molar-refractivity contribution < 1.29 is 5.11 Å². The minimum atomic E-state index is -0.376. The first-order chi connectivity index (χ1) is 5.22. The summed E-state index contributed by atoms with van der Waals surface area (Å²) in [6, 6.07) is 0. The van der Waals surface area contributed by atoms with Crippen LogP contribution in [0.2, 0.25) is 0 Å². The van der Waals surface area contributed by atoms with Crippen molar-refractivity contribution in [2.45, 2.75) is 38.7 Å². The molecular weight excluding hydrogens is 136 g/mol. The molecule has 0 saturated heterocycles. The molecule has 64 valence electrons. The molecule has 0 aromatic rings. The number of rotatable bonds is 6. The van der Waals surface area contributed by atoms with Crippen molar-refractivity contribution in [3.63, 3.8) is 0 Å². The molecule has 1 nitrogen and oxygen atoms in total. The fourth-order valence-electron chi connectivity index (χ4n) is 0.909. The smallest absolute Gasteiger partial charge is 0.0784 e. The van der Waals surface area contributed by atoms with Gasteiger partial charge in [0.2, 0.25) is 0 Å². The third-order valence-electron chi connectivity index (χ3n) is 1.77. The van der Waals surface area contributed by atoms with Crippen molar-refractivity contribution in [1.82, 2.24) is 0 Å². The lowest BCUT2D eigenvalue weighted by atomic mass is 10.1. The molecule has 0 aliphatic carbocycles. The zero-order chi connectivity index (χ0) is 8.69. The largest absolute Gasteiger partial charge is 0.388 e. The van der Waals surface area contributed by atoms with Crippen molar-refractivity contribution in [1.29, 1.82) is 0 Å². The highest BCUT2D eigenvalue weighted by atomic mass is 16.3. The van der Waals surface area contributed by atoms with Crippen molar-refractivity contribution in [2.24, 2.45) is 0 Å². The van der Waals surface area contributed by atoms with Crippen LogP contribution in [-0.2, 0) is 0 Å². The molecule has 0 spiro atoms. The number of unbranched alkanes of at least 4 members (excludes halogenated alkanes) is 2. The summed E-state index contributed by atoms with van der Waals surface area (Å²) in [6.45, 7) is 9.38. The molecule has 0 aromatic carbocycles. The summed E-state index contributed by atoms with van der Waals surface area (Å²) in [6.07, 6.45) is 5.51. The Morgan fingerprint density at radius 3 is 2.64 bits per heavy atom. The number of hydrogen-bond donors (Lipinski definition) is 1. The standard InChI is InChI=1S/C10H18O/c1-4-6-7-8-10(11)9(3)5-2/h5,10-11H,2-4,6-8H2,1H3. The van der Waals surface area contributed by atoms with E-state index in [-0.39, 0.29) is 6.10 Å².